The van der Waals surface area contributed by atoms with E-state index in [-0.39, 0.29) is 19.6 Å². The number of aliphatic hydroxyl groups is 2. The van der Waals surface area contributed by atoms with Gasteiger partial charge in [-0.3, -0.25) is 4.79 Å². The zero-order valence-electron chi connectivity index (χ0n) is 11.4. The number of hydrogen-bond acceptors (Lipinski definition) is 5. The molecule has 110 valence electrons. The van der Waals surface area contributed by atoms with Gasteiger partial charge in [0.25, 0.3) is 5.91 Å². The van der Waals surface area contributed by atoms with E-state index in [0.29, 0.717) is 25.9 Å². The van der Waals surface area contributed by atoms with Crippen LogP contribution >= 0.6 is 0 Å². The number of hydrogen-bond donors (Lipinski definition) is 2. The first kappa shape index (κ1) is 16.3. The number of benzene rings is 1. The maximum Gasteiger partial charge on any atom is 0.286 e. The highest BCUT2D eigenvalue weighted by molar-refractivity contribution is 5.76. The summed E-state index contributed by atoms with van der Waals surface area (Å²) in [6.07, 6.45) is 1.48. The molecule has 0 saturated heterocycles. The second-order valence-corrected chi connectivity index (χ2v) is 4.44. The second kappa shape index (κ2) is 9.17. The van der Waals surface area contributed by atoms with Gasteiger partial charge in [0.05, 0.1) is 13.2 Å². The Morgan fingerprint density at radius 1 is 1.10 bits per heavy atom. The smallest absolute Gasteiger partial charge is 0.286 e. The zero-order valence-corrected chi connectivity index (χ0v) is 11.4. The molecule has 6 nitrogen and oxygen atoms in total. The average molecular weight is 280 g/mol. The molecule has 0 unspecified atom stereocenters. The number of rotatable bonds is 9. The third kappa shape index (κ3) is 5.46. The average Bonchev–Trinajstić information content (AvgIpc) is 2.47. The van der Waals surface area contributed by atoms with E-state index in [9.17, 15) is 9.70 Å². The van der Waals surface area contributed by atoms with Gasteiger partial charge in [0.1, 0.15) is 0 Å². The summed E-state index contributed by atoms with van der Waals surface area (Å²) in [5, 5.41) is 20.3. The largest absolute Gasteiger partial charge is 0.395 e. The van der Waals surface area contributed by atoms with Crippen molar-refractivity contribution >= 4 is 11.6 Å². The number of carbonyl (C=O) groups excluding carboxylic acids is 1. The molecule has 1 rings (SSSR count). The molecule has 0 fully saturated rings. The molecule has 1 aromatic rings. The summed E-state index contributed by atoms with van der Waals surface area (Å²) >= 11 is 0. The Hall–Kier alpha value is -1.79. The molecular formula is C14H20N2O4. The Kier molecular flexibility index (Phi) is 7.46. The maximum atomic E-state index is 10.8. The van der Waals surface area contributed by atoms with E-state index in [0.717, 1.165) is 11.3 Å². The number of aryl methyl sites for hydroxylation is 1. The molecule has 0 aliphatic heterocycles. The van der Waals surface area contributed by atoms with Gasteiger partial charge >= 0.3 is 0 Å². The van der Waals surface area contributed by atoms with Gasteiger partial charge in [-0.1, -0.05) is 12.1 Å². The monoisotopic (exact) mass is 280 g/mol. The second-order valence-electron chi connectivity index (χ2n) is 4.44. The van der Waals surface area contributed by atoms with Crippen molar-refractivity contribution in [1.29, 1.82) is 0 Å². The first-order valence-corrected chi connectivity index (χ1v) is 6.63. The molecule has 0 heterocycles. The third-order valence-corrected chi connectivity index (χ3v) is 3.00. The van der Waals surface area contributed by atoms with E-state index in [2.05, 4.69) is 5.18 Å². The molecule has 0 bridgehead atoms. The first-order valence-electron chi connectivity index (χ1n) is 6.63. The van der Waals surface area contributed by atoms with Crippen molar-refractivity contribution in [1.82, 2.24) is 0 Å². The fourth-order valence-corrected chi connectivity index (χ4v) is 1.97. The molecule has 1 aromatic carbocycles. The Bertz CT molecular complexity index is 414. The standard InChI is InChI=1S/C14H20N2O4/c17-10-8-16(9-11-18)13-6-4-12(5-7-13)2-1-3-14(19)15-20/h4-7,17-18H,1-3,8-11H2. The van der Waals surface area contributed by atoms with E-state index >= 15 is 0 Å². The molecule has 0 spiro atoms. The van der Waals surface area contributed by atoms with E-state index in [4.69, 9.17) is 10.2 Å². The number of nitroso groups, excluding NO2 is 1. The minimum atomic E-state index is -0.612. The number of anilines is 1. The fraction of sp³-hybridized carbons (Fsp3) is 0.500. The van der Waals surface area contributed by atoms with E-state index in [1.54, 1.807) is 0 Å². The summed E-state index contributed by atoms with van der Waals surface area (Å²) in [5.74, 6) is -0.612. The lowest BCUT2D eigenvalue weighted by Crippen LogP contribution is -2.29. The van der Waals surface area contributed by atoms with E-state index in [1.165, 1.54) is 0 Å². The first-order chi connectivity index (χ1) is 9.71. The van der Waals surface area contributed by atoms with Crippen LogP contribution in [-0.2, 0) is 11.2 Å². The zero-order chi connectivity index (χ0) is 14.8. The van der Waals surface area contributed by atoms with Crippen LogP contribution in [0.1, 0.15) is 18.4 Å². The molecule has 0 aliphatic carbocycles. The maximum absolute atomic E-state index is 10.8. The highest BCUT2D eigenvalue weighted by Crippen LogP contribution is 2.16. The quantitative estimate of drug-likeness (QED) is 0.661. The van der Waals surface area contributed by atoms with Crippen LogP contribution in [0.4, 0.5) is 5.69 Å². The van der Waals surface area contributed by atoms with Crippen LogP contribution in [0.3, 0.4) is 0 Å². The van der Waals surface area contributed by atoms with Gasteiger partial charge in [0.2, 0.25) is 0 Å². The van der Waals surface area contributed by atoms with Gasteiger partial charge in [-0.2, -0.15) is 0 Å². The molecule has 2 N–H and O–H groups in total. The van der Waals surface area contributed by atoms with Crippen LogP contribution in [-0.4, -0.2) is 42.4 Å². The van der Waals surface area contributed by atoms with Crippen molar-refractivity contribution in [3.05, 3.63) is 34.7 Å². The predicted molar refractivity (Wildman–Crippen MR) is 76.6 cm³/mol. The summed E-state index contributed by atoms with van der Waals surface area (Å²) in [4.78, 5) is 22.6. The normalized spacial score (nSPS) is 10.3. The highest BCUT2D eigenvalue weighted by atomic mass is 16.3. The van der Waals surface area contributed by atoms with Gasteiger partial charge in [0, 0.05) is 30.4 Å². The summed E-state index contributed by atoms with van der Waals surface area (Å²) in [7, 11) is 0. The third-order valence-electron chi connectivity index (χ3n) is 3.00. The highest BCUT2D eigenvalue weighted by Gasteiger charge is 2.05. The van der Waals surface area contributed by atoms with Crippen LogP contribution in [0.25, 0.3) is 0 Å². The Morgan fingerprint density at radius 3 is 2.20 bits per heavy atom. The van der Waals surface area contributed by atoms with E-state index in [1.807, 2.05) is 29.2 Å². The van der Waals surface area contributed by atoms with Crippen molar-refractivity contribution in [2.45, 2.75) is 19.3 Å². The topological polar surface area (TPSA) is 90.2 Å². The SMILES string of the molecule is O=NC(=O)CCCc1ccc(N(CCO)CCO)cc1. The van der Waals surface area contributed by atoms with Gasteiger partial charge in [-0.25, -0.2) is 0 Å². The van der Waals surface area contributed by atoms with Crippen molar-refractivity contribution in [3.8, 4) is 0 Å². The summed E-state index contributed by atoms with van der Waals surface area (Å²) in [6, 6.07) is 7.71. The molecule has 0 aromatic heterocycles. The Balaban J connectivity index is 2.53. The summed E-state index contributed by atoms with van der Waals surface area (Å²) < 4.78 is 0. The van der Waals surface area contributed by atoms with Crippen LogP contribution < -0.4 is 4.90 Å². The lowest BCUT2D eigenvalue weighted by atomic mass is 10.1. The molecular weight excluding hydrogens is 260 g/mol. The lowest BCUT2D eigenvalue weighted by Gasteiger charge is -2.23. The Morgan fingerprint density at radius 2 is 1.70 bits per heavy atom. The molecule has 1 amide bonds. The van der Waals surface area contributed by atoms with Crippen LogP contribution in [0.5, 0.6) is 0 Å². The van der Waals surface area contributed by atoms with Crippen molar-refractivity contribution < 1.29 is 15.0 Å². The van der Waals surface area contributed by atoms with Gasteiger partial charge < -0.3 is 15.1 Å². The molecule has 0 atom stereocenters. The minimum Gasteiger partial charge on any atom is -0.395 e. The van der Waals surface area contributed by atoms with Gasteiger partial charge in [-0.15, -0.1) is 4.91 Å². The Labute approximate surface area is 118 Å². The molecule has 0 radical (unpaired) electrons. The number of aliphatic hydroxyl groups excluding tert-OH is 2. The van der Waals surface area contributed by atoms with Gasteiger partial charge in [-0.05, 0) is 30.5 Å². The lowest BCUT2D eigenvalue weighted by molar-refractivity contribution is -0.118. The van der Waals surface area contributed by atoms with Crippen molar-refractivity contribution in [2.24, 2.45) is 5.18 Å². The van der Waals surface area contributed by atoms with Crippen LogP contribution in [0.15, 0.2) is 29.4 Å². The molecule has 6 heteroatoms. The minimum absolute atomic E-state index is 0.0303. The van der Waals surface area contributed by atoms with Crippen molar-refractivity contribution in [2.75, 3.05) is 31.2 Å². The predicted octanol–water partition coefficient (Wildman–Crippen LogP) is 1.09. The summed E-state index contributed by atoms with van der Waals surface area (Å²) in [5.41, 5.74) is 2.00. The van der Waals surface area contributed by atoms with Gasteiger partial charge in [0.15, 0.2) is 0 Å². The van der Waals surface area contributed by atoms with Crippen LogP contribution in [0, 0.1) is 4.91 Å². The number of carbonyl (C=O) groups is 1. The number of amides is 1. The molecule has 0 aliphatic rings. The van der Waals surface area contributed by atoms with E-state index < -0.39 is 5.91 Å². The molecule has 20 heavy (non-hydrogen) atoms. The summed E-state index contributed by atoms with van der Waals surface area (Å²) in [6.45, 7) is 1.00. The van der Waals surface area contributed by atoms with Crippen molar-refractivity contribution in [3.63, 3.8) is 0 Å². The fourth-order valence-electron chi connectivity index (χ4n) is 1.97. The molecule has 0 saturated carbocycles. The number of nitrogens with zero attached hydrogens (tertiary/aromatic N) is 2. The van der Waals surface area contributed by atoms with Crippen LogP contribution in [0.2, 0.25) is 0 Å².